The van der Waals surface area contributed by atoms with Crippen LogP contribution in [0.3, 0.4) is 0 Å². The smallest absolute Gasteiger partial charge is 0.146 e. The van der Waals surface area contributed by atoms with Gasteiger partial charge in [-0.05, 0) is 42.7 Å². The van der Waals surface area contributed by atoms with Gasteiger partial charge in [-0.15, -0.1) is 0 Å². The lowest BCUT2D eigenvalue weighted by molar-refractivity contribution is 0.479. The molecule has 1 unspecified atom stereocenters. The normalized spacial score (nSPS) is 12.2. The van der Waals surface area contributed by atoms with Gasteiger partial charge in [0, 0.05) is 17.3 Å². The van der Waals surface area contributed by atoms with E-state index in [0.29, 0.717) is 21.5 Å². The number of halogens is 2. The first-order chi connectivity index (χ1) is 9.58. The molecule has 0 radical (unpaired) electrons. The van der Waals surface area contributed by atoms with Crippen molar-refractivity contribution in [3.8, 4) is 11.5 Å². The molecule has 2 rings (SSSR count). The van der Waals surface area contributed by atoms with Crippen LogP contribution in [0.4, 0.5) is 0 Å². The van der Waals surface area contributed by atoms with Crippen molar-refractivity contribution in [1.82, 2.24) is 4.98 Å². The summed E-state index contributed by atoms with van der Waals surface area (Å²) in [5.74, 6) is 1.19. The lowest BCUT2D eigenvalue weighted by atomic mass is 10.1. The van der Waals surface area contributed by atoms with Crippen molar-refractivity contribution in [3.05, 3.63) is 52.3 Å². The van der Waals surface area contributed by atoms with Crippen LogP contribution in [0.5, 0.6) is 11.5 Å². The lowest BCUT2D eigenvalue weighted by Crippen LogP contribution is -2.21. The second-order valence-corrected chi connectivity index (χ2v) is 5.42. The Hall–Kier alpha value is -1.29. The van der Waals surface area contributed by atoms with E-state index < -0.39 is 0 Å². The van der Waals surface area contributed by atoms with Gasteiger partial charge in [0.25, 0.3) is 0 Å². The maximum absolute atomic E-state index is 6.08. The van der Waals surface area contributed by atoms with Gasteiger partial charge < -0.3 is 10.5 Å². The van der Waals surface area contributed by atoms with Gasteiger partial charge in [-0.25, -0.2) is 0 Å². The molecule has 0 aliphatic heterocycles. The van der Waals surface area contributed by atoms with E-state index in [1.165, 1.54) is 0 Å². The minimum absolute atomic E-state index is 0.131. The molecule has 0 saturated carbocycles. The summed E-state index contributed by atoms with van der Waals surface area (Å²) in [5.41, 5.74) is 6.99. The number of nitrogens with two attached hydrogens (primary N) is 1. The highest BCUT2D eigenvalue weighted by atomic mass is 35.5. The van der Waals surface area contributed by atoms with Crippen molar-refractivity contribution in [2.75, 3.05) is 0 Å². The number of aromatic nitrogens is 1. The van der Waals surface area contributed by atoms with E-state index in [4.69, 9.17) is 33.7 Å². The second-order valence-electron chi connectivity index (χ2n) is 4.58. The molecule has 5 heteroatoms. The van der Waals surface area contributed by atoms with Gasteiger partial charge in [0.05, 0.1) is 11.2 Å². The summed E-state index contributed by atoms with van der Waals surface area (Å²) in [5, 5.41) is 1.04. The number of hydrogen-bond donors (Lipinski definition) is 1. The highest BCUT2D eigenvalue weighted by Gasteiger charge is 2.07. The zero-order valence-electron chi connectivity index (χ0n) is 11.1. The third-order valence-electron chi connectivity index (χ3n) is 2.91. The Balaban J connectivity index is 2.15. The largest absolute Gasteiger partial charge is 0.454 e. The molecule has 1 aromatic heterocycles. The lowest BCUT2D eigenvalue weighted by Gasteiger charge is -2.11. The SMILES string of the molecule is CCC(N)Cc1cncc(Oc2ccc(Cl)cc2Cl)c1. The molecule has 20 heavy (non-hydrogen) atoms. The number of nitrogens with zero attached hydrogens (tertiary/aromatic N) is 1. The number of pyridine rings is 1. The Labute approximate surface area is 128 Å². The molecule has 0 spiro atoms. The van der Waals surface area contributed by atoms with Crippen LogP contribution in [-0.4, -0.2) is 11.0 Å². The summed E-state index contributed by atoms with van der Waals surface area (Å²) in [6.07, 6.45) is 5.14. The molecule has 0 amide bonds. The molecule has 0 aliphatic carbocycles. The maximum Gasteiger partial charge on any atom is 0.146 e. The van der Waals surface area contributed by atoms with E-state index in [2.05, 4.69) is 11.9 Å². The van der Waals surface area contributed by atoms with Gasteiger partial charge in [-0.1, -0.05) is 30.1 Å². The van der Waals surface area contributed by atoms with Gasteiger partial charge in [0.2, 0.25) is 0 Å². The van der Waals surface area contributed by atoms with Crippen molar-refractivity contribution in [1.29, 1.82) is 0 Å². The van der Waals surface area contributed by atoms with Crippen molar-refractivity contribution in [2.24, 2.45) is 5.73 Å². The first kappa shape index (κ1) is 15.1. The first-order valence-electron chi connectivity index (χ1n) is 6.41. The predicted molar refractivity (Wildman–Crippen MR) is 82.7 cm³/mol. The number of rotatable bonds is 5. The Morgan fingerprint density at radius 1 is 1.25 bits per heavy atom. The van der Waals surface area contributed by atoms with Gasteiger partial charge in [0.15, 0.2) is 0 Å². The Kier molecular flexibility index (Phi) is 5.24. The maximum atomic E-state index is 6.08. The summed E-state index contributed by atoms with van der Waals surface area (Å²) in [4.78, 5) is 4.17. The standard InChI is InChI=1S/C15H16Cl2N2O/c1-2-12(18)5-10-6-13(9-19-8-10)20-15-4-3-11(16)7-14(15)17/h3-4,6-9,12H,2,5,18H2,1H3. The van der Waals surface area contributed by atoms with Crippen LogP contribution < -0.4 is 10.5 Å². The summed E-state index contributed by atoms with van der Waals surface area (Å²) < 4.78 is 5.73. The van der Waals surface area contributed by atoms with E-state index in [9.17, 15) is 0 Å². The third-order valence-corrected chi connectivity index (χ3v) is 3.44. The Morgan fingerprint density at radius 3 is 2.75 bits per heavy atom. The highest BCUT2D eigenvalue weighted by molar-refractivity contribution is 6.35. The van der Waals surface area contributed by atoms with E-state index in [1.807, 2.05) is 6.07 Å². The van der Waals surface area contributed by atoms with Crippen LogP contribution in [0, 0.1) is 0 Å². The summed E-state index contributed by atoms with van der Waals surface area (Å²) in [7, 11) is 0. The highest BCUT2D eigenvalue weighted by Crippen LogP contribution is 2.31. The van der Waals surface area contributed by atoms with Gasteiger partial charge in [0.1, 0.15) is 11.5 Å². The fourth-order valence-corrected chi connectivity index (χ4v) is 2.21. The molecule has 1 aromatic carbocycles. The van der Waals surface area contributed by atoms with Crippen molar-refractivity contribution >= 4 is 23.2 Å². The predicted octanol–water partition coefficient (Wildman–Crippen LogP) is 4.46. The minimum Gasteiger partial charge on any atom is -0.454 e. The van der Waals surface area contributed by atoms with E-state index in [1.54, 1.807) is 30.6 Å². The molecule has 2 N–H and O–H groups in total. The molecule has 0 aliphatic rings. The molecule has 2 aromatic rings. The molecular weight excluding hydrogens is 295 g/mol. The minimum atomic E-state index is 0.131. The zero-order chi connectivity index (χ0) is 14.5. The fourth-order valence-electron chi connectivity index (χ4n) is 1.76. The monoisotopic (exact) mass is 310 g/mol. The number of hydrogen-bond acceptors (Lipinski definition) is 3. The number of benzene rings is 1. The van der Waals surface area contributed by atoms with Gasteiger partial charge >= 0.3 is 0 Å². The fraction of sp³-hybridized carbons (Fsp3) is 0.267. The molecule has 106 valence electrons. The third kappa shape index (κ3) is 4.10. The van der Waals surface area contributed by atoms with E-state index in [0.717, 1.165) is 18.4 Å². The van der Waals surface area contributed by atoms with Crippen LogP contribution in [0.1, 0.15) is 18.9 Å². The second kappa shape index (κ2) is 6.93. The first-order valence-corrected chi connectivity index (χ1v) is 7.16. The molecule has 3 nitrogen and oxygen atoms in total. The van der Waals surface area contributed by atoms with Crippen LogP contribution in [0.25, 0.3) is 0 Å². The van der Waals surface area contributed by atoms with Crippen LogP contribution in [-0.2, 0) is 6.42 Å². The van der Waals surface area contributed by atoms with Crippen molar-refractivity contribution < 1.29 is 4.74 Å². The number of ether oxygens (including phenoxy) is 1. The van der Waals surface area contributed by atoms with E-state index in [-0.39, 0.29) is 6.04 Å². The van der Waals surface area contributed by atoms with Crippen LogP contribution in [0.2, 0.25) is 10.0 Å². The molecule has 0 saturated heterocycles. The quantitative estimate of drug-likeness (QED) is 0.887. The molecule has 1 atom stereocenters. The molecule has 1 heterocycles. The average Bonchev–Trinajstić information content (AvgIpc) is 2.42. The van der Waals surface area contributed by atoms with Crippen molar-refractivity contribution in [2.45, 2.75) is 25.8 Å². The Morgan fingerprint density at radius 2 is 2.05 bits per heavy atom. The van der Waals surface area contributed by atoms with E-state index >= 15 is 0 Å². The van der Waals surface area contributed by atoms with Crippen molar-refractivity contribution in [3.63, 3.8) is 0 Å². The van der Waals surface area contributed by atoms with Gasteiger partial charge in [-0.3, -0.25) is 4.98 Å². The summed E-state index contributed by atoms with van der Waals surface area (Å²) in [6, 6.07) is 7.16. The van der Waals surface area contributed by atoms with Crippen LogP contribution in [0.15, 0.2) is 36.7 Å². The topological polar surface area (TPSA) is 48.1 Å². The van der Waals surface area contributed by atoms with Crippen LogP contribution >= 0.6 is 23.2 Å². The molecule has 0 fully saturated rings. The summed E-state index contributed by atoms with van der Waals surface area (Å²) >= 11 is 11.9. The zero-order valence-corrected chi connectivity index (χ0v) is 12.7. The average molecular weight is 311 g/mol. The van der Waals surface area contributed by atoms with Gasteiger partial charge in [-0.2, -0.15) is 0 Å². The molecule has 0 bridgehead atoms. The Bertz CT molecular complexity index is 590. The summed E-state index contributed by atoms with van der Waals surface area (Å²) in [6.45, 7) is 2.06. The molecular formula is C15H16Cl2N2O.